The molecule has 23 heavy (non-hydrogen) atoms. The number of carbonyl (C=O) groups excluding carboxylic acids is 1. The molecule has 0 spiro atoms. The van der Waals surface area contributed by atoms with Gasteiger partial charge in [0.1, 0.15) is 9.84 Å². The average molecular weight is 461 g/mol. The molecule has 0 aromatic heterocycles. The summed E-state index contributed by atoms with van der Waals surface area (Å²) in [4.78, 5) is 18.2. The smallest absolute Gasteiger partial charge is 0.309 e. The van der Waals surface area contributed by atoms with Gasteiger partial charge in [-0.1, -0.05) is 0 Å². The van der Waals surface area contributed by atoms with Gasteiger partial charge >= 0.3 is 5.97 Å². The molecule has 1 heterocycles. The third-order valence-corrected chi connectivity index (χ3v) is 4.40. The van der Waals surface area contributed by atoms with Gasteiger partial charge in [-0.15, -0.1) is 24.0 Å². The maximum atomic E-state index is 11.7. The van der Waals surface area contributed by atoms with Crippen LogP contribution in [-0.4, -0.2) is 70.0 Å². The van der Waals surface area contributed by atoms with E-state index in [0.29, 0.717) is 25.7 Å². The lowest BCUT2D eigenvalue weighted by atomic mass is 9.97. The Balaban J connectivity index is 0.00000484. The van der Waals surface area contributed by atoms with Crippen molar-refractivity contribution in [3.63, 3.8) is 0 Å². The van der Waals surface area contributed by atoms with E-state index in [4.69, 9.17) is 4.74 Å². The van der Waals surface area contributed by atoms with E-state index in [0.717, 1.165) is 19.4 Å². The molecule has 0 aromatic rings. The summed E-state index contributed by atoms with van der Waals surface area (Å²) in [7, 11) is -3.01. The minimum atomic E-state index is -3.01. The molecule has 0 atom stereocenters. The average Bonchev–Trinajstić information content (AvgIpc) is 2.45. The molecule has 1 rings (SSSR count). The lowest BCUT2D eigenvalue weighted by molar-refractivity contribution is -0.149. The van der Waals surface area contributed by atoms with Crippen molar-refractivity contribution in [3.05, 3.63) is 0 Å². The maximum Gasteiger partial charge on any atom is 0.309 e. The van der Waals surface area contributed by atoms with Gasteiger partial charge in [-0.2, -0.15) is 0 Å². The number of hydrogen-bond acceptors (Lipinski definition) is 5. The molecule has 7 nitrogen and oxygen atoms in total. The molecule has 1 aliphatic rings. The first-order chi connectivity index (χ1) is 10.4. The Labute approximate surface area is 156 Å². The summed E-state index contributed by atoms with van der Waals surface area (Å²) in [5.41, 5.74) is 0. The second kappa shape index (κ2) is 11.1. The molecule has 0 bridgehead atoms. The zero-order chi connectivity index (χ0) is 16.6. The van der Waals surface area contributed by atoms with E-state index in [9.17, 15) is 13.2 Å². The number of likely N-dealkylation sites (tertiary alicyclic amines) is 1. The Kier molecular flexibility index (Phi) is 10.8. The molecule has 1 N–H and O–H groups in total. The Morgan fingerprint density at radius 2 is 1.91 bits per heavy atom. The molecule has 136 valence electrons. The molecule has 1 fully saturated rings. The van der Waals surface area contributed by atoms with Crippen LogP contribution in [0.1, 0.15) is 26.7 Å². The minimum Gasteiger partial charge on any atom is -0.466 e. The number of piperidine rings is 1. The molecule has 9 heteroatoms. The monoisotopic (exact) mass is 461 g/mol. The summed E-state index contributed by atoms with van der Waals surface area (Å²) in [6.45, 7) is 6.59. The van der Waals surface area contributed by atoms with Gasteiger partial charge in [0.05, 0.1) is 24.8 Å². The highest BCUT2D eigenvalue weighted by Crippen LogP contribution is 2.18. The number of esters is 1. The summed E-state index contributed by atoms with van der Waals surface area (Å²) >= 11 is 0. The van der Waals surface area contributed by atoms with Crippen molar-refractivity contribution in [1.29, 1.82) is 0 Å². The molecule has 0 aliphatic carbocycles. The van der Waals surface area contributed by atoms with Gasteiger partial charge in [-0.3, -0.25) is 9.79 Å². The first-order valence-electron chi connectivity index (χ1n) is 7.75. The number of carbonyl (C=O) groups is 1. The van der Waals surface area contributed by atoms with E-state index in [1.54, 1.807) is 0 Å². The summed E-state index contributed by atoms with van der Waals surface area (Å²) in [6.07, 6.45) is 2.67. The number of sulfone groups is 1. The van der Waals surface area contributed by atoms with Crippen LogP contribution in [0.5, 0.6) is 0 Å². The van der Waals surface area contributed by atoms with Crippen LogP contribution in [-0.2, 0) is 19.4 Å². The molecule has 1 saturated heterocycles. The SMILES string of the molecule is CCNC(=NCCS(C)(=O)=O)N1CCC(C(=O)OCC)CC1.I. The Morgan fingerprint density at radius 3 is 2.39 bits per heavy atom. The second-order valence-corrected chi connectivity index (χ2v) is 7.64. The lowest BCUT2D eigenvalue weighted by Crippen LogP contribution is -2.47. The minimum absolute atomic E-state index is 0. The van der Waals surface area contributed by atoms with E-state index in [2.05, 4.69) is 15.2 Å². The van der Waals surface area contributed by atoms with Crippen molar-refractivity contribution in [2.45, 2.75) is 26.7 Å². The third kappa shape index (κ3) is 8.73. The number of guanidine groups is 1. The van der Waals surface area contributed by atoms with Crippen molar-refractivity contribution < 1.29 is 17.9 Å². The zero-order valence-corrected chi connectivity index (χ0v) is 17.2. The number of nitrogens with zero attached hydrogens (tertiary/aromatic N) is 2. The van der Waals surface area contributed by atoms with Gasteiger partial charge < -0.3 is 15.0 Å². The standard InChI is InChI=1S/C14H27N3O4S.HI/c1-4-15-14(16-8-11-22(3,19)20)17-9-6-12(7-10-17)13(18)21-5-2;/h12H,4-11H2,1-3H3,(H,15,16);1H. The van der Waals surface area contributed by atoms with E-state index < -0.39 is 9.84 Å². The van der Waals surface area contributed by atoms with Crippen LogP contribution in [0, 0.1) is 5.92 Å². The van der Waals surface area contributed by atoms with Crippen LogP contribution >= 0.6 is 24.0 Å². The Morgan fingerprint density at radius 1 is 1.30 bits per heavy atom. The van der Waals surface area contributed by atoms with Crippen molar-refractivity contribution in [2.75, 3.05) is 44.8 Å². The molecule has 0 unspecified atom stereocenters. The first kappa shape index (κ1) is 22.4. The van der Waals surface area contributed by atoms with Crippen LogP contribution < -0.4 is 5.32 Å². The lowest BCUT2D eigenvalue weighted by Gasteiger charge is -2.33. The van der Waals surface area contributed by atoms with Crippen LogP contribution in [0.3, 0.4) is 0 Å². The molecule has 0 saturated carbocycles. The van der Waals surface area contributed by atoms with Gasteiger partial charge in [-0.05, 0) is 26.7 Å². The van der Waals surface area contributed by atoms with Crippen molar-refractivity contribution in [2.24, 2.45) is 10.9 Å². The number of halogens is 1. The fraction of sp³-hybridized carbons (Fsp3) is 0.857. The van der Waals surface area contributed by atoms with E-state index in [-0.39, 0.29) is 48.2 Å². The quantitative estimate of drug-likeness (QED) is 0.274. The maximum absolute atomic E-state index is 11.7. The summed E-state index contributed by atoms with van der Waals surface area (Å²) < 4.78 is 27.4. The van der Waals surface area contributed by atoms with Crippen molar-refractivity contribution in [3.8, 4) is 0 Å². The number of hydrogen-bond donors (Lipinski definition) is 1. The van der Waals surface area contributed by atoms with Gasteiger partial charge in [0.25, 0.3) is 0 Å². The zero-order valence-electron chi connectivity index (χ0n) is 14.1. The number of nitrogens with one attached hydrogen (secondary N) is 1. The molecular formula is C14H28IN3O4S. The Bertz CT molecular complexity index is 488. The second-order valence-electron chi connectivity index (χ2n) is 5.38. The molecule has 0 amide bonds. The predicted octanol–water partition coefficient (Wildman–Crippen LogP) is 0.890. The highest BCUT2D eigenvalue weighted by Gasteiger charge is 2.27. The third-order valence-electron chi connectivity index (χ3n) is 3.47. The predicted molar refractivity (Wildman–Crippen MR) is 102 cm³/mol. The Hall–Kier alpha value is -0.580. The van der Waals surface area contributed by atoms with E-state index >= 15 is 0 Å². The summed E-state index contributed by atoms with van der Waals surface area (Å²) in [5.74, 6) is 0.589. The van der Waals surface area contributed by atoms with Crippen LogP contribution in [0.25, 0.3) is 0 Å². The van der Waals surface area contributed by atoms with Gasteiger partial charge in [0.15, 0.2) is 5.96 Å². The van der Waals surface area contributed by atoms with Crippen molar-refractivity contribution in [1.82, 2.24) is 10.2 Å². The fourth-order valence-electron chi connectivity index (χ4n) is 2.33. The summed E-state index contributed by atoms with van der Waals surface area (Å²) in [5, 5.41) is 3.17. The van der Waals surface area contributed by atoms with Crippen LogP contribution in [0.15, 0.2) is 4.99 Å². The van der Waals surface area contributed by atoms with E-state index in [1.807, 2.05) is 13.8 Å². The van der Waals surface area contributed by atoms with Gasteiger partial charge in [0.2, 0.25) is 0 Å². The normalized spacial score (nSPS) is 16.7. The fourth-order valence-corrected chi connectivity index (χ4v) is 2.75. The first-order valence-corrected chi connectivity index (χ1v) is 9.81. The van der Waals surface area contributed by atoms with Crippen molar-refractivity contribution >= 4 is 45.7 Å². The molecule has 0 radical (unpaired) electrons. The number of aliphatic imine (C=N–C) groups is 1. The topological polar surface area (TPSA) is 88.1 Å². The van der Waals surface area contributed by atoms with Gasteiger partial charge in [0, 0.05) is 25.9 Å². The highest BCUT2D eigenvalue weighted by molar-refractivity contribution is 14.0. The van der Waals surface area contributed by atoms with E-state index in [1.165, 1.54) is 6.26 Å². The van der Waals surface area contributed by atoms with Gasteiger partial charge in [-0.25, -0.2) is 8.42 Å². The molecular weight excluding hydrogens is 433 g/mol. The summed E-state index contributed by atoms with van der Waals surface area (Å²) in [6, 6.07) is 0. The molecule has 0 aromatic carbocycles. The number of rotatable bonds is 6. The highest BCUT2D eigenvalue weighted by atomic mass is 127. The van der Waals surface area contributed by atoms with Crippen LogP contribution in [0.2, 0.25) is 0 Å². The molecule has 1 aliphatic heterocycles. The van der Waals surface area contributed by atoms with Crippen LogP contribution in [0.4, 0.5) is 0 Å². The number of ether oxygens (including phenoxy) is 1. The largest absolute Gasteiger partial charge is 0.466 e.